The van der Waals surface area contributed by atoms with Gasteiger partial charge in [0.25, 0.3) is 0 Å². The molecule has 0 aliphatic heterocycles. The maximum Gasteiger partial charge on any atom is 0.187 e. The van der Waals surface area contributed by atoms with Gasteiger partial charge in [0, 0.05) is 5.56 Å². The van der Waals surface area contributed by atoms with E-state index in [2.05, 4.69) is 48.6 Å². The highest BCUT2D eigenvalue weighted by molar-refractivity contribution is 6.10. The van der Waals surface area contributed by atoms with Crippen molar-refractivity contribution in [3.8, 4) is 11.1 Å². The van der Waals surface area contributed by atoms with Gasteiger partial charge in [-0.15, -0.1) is 0 Å². The second kappa shape index (κ2) is 4.90. The van der Waals surface area contributed by atoms with Gasteiger partial charge in [-0.1, -0.05) is 66.7 Å². The molecule has 0 aromatic heterocycles. The van der Waals surface area contributed by atoms with Crippen LogP contribution in [0.25, 0.3) is 23.3 Å². The largest absolute Gasteiger partial charge is 0.289 e. The summed E-state index contributed by atoms with van der Waals surface area (Å²) in [6, 6.07) is 20.9. The second-order valence-electron chi connectivity index (χ2n) is 6.16. The monoisotopic (exact) mass is 306 g/mol. The van der Waals surface area contributed by atoms with Gasteiger partial charge in [-0.25, -0.2) is 0 Å². The van der Waals surface area contributed by atoms with Gasteiger partial charge >= 0.3 is 0 Å². The lowest BCUT2D eigenvalue weighted by Gasteiger charge is -2.12. The first-order valence-electron chi connectivity index (χ1n) is 8.09. The zero-order valence-corrected chi connectivity index (χ0v) is 13.0. The normalized spacial score (nSPS) is 13.6. The first kappa shape index (κ1) is 13.3. The molecule has 1 nitrogen and oxygen atoms in total. The fourth-order valence-electron chi connectivity index (χ4n) is 3.72. The third-order valence-corrected chi connectivity index (χ3v) is 4.80. The third-order valence-electron chi connectivity index (χ3n) is 4.80. The molecule has 3 aromatic rings. The molecule has 2 aliphatic carbocycles. The standard InChI is InChI=1S/C23H14O/c24-22-12-6-11-18-19(15-7-2-1-3-8-15)14-20-17-10-5-4-9-16(17)13-21(20)23(18)22/h1-14H. The molecule has 3 aromatic carbocycles. The summed E-state index contributed by atoms with van der Waals surface area (Å²) < 4.78 is 0. The Balaban J connectivity index is 2.03. The molecule has 0 atom stereocenters. The molecule has 0 spiro atoms. The maximum absolute atomic E-state index is 12.7. The summed E-state index contributed by atoms with van der Waals surface area (Å²) in [5.74, 6) is 0.0885. The molecular formula is C23H14O. The highest BCUT2D eigenvalue weighted by Gasteiger charge is 2.19. The molecule has 0 heterocycles. The van der Waals surface area contributed by atoms with Crippen LogP contribution in [-0.4, -0.2) is 5.78 Å². The van der Waals surface area contributed by atoms with Crippen LogP contribution in [-0.2, 0) is 0 Å². The Bertz CT molecular complexity index is 1250. The van der Waals surface area contributed by atoms with Crippen LogP contribution in [0.15, 0.2) is 72.8 Å². The summed E-state index contributed by atoms with van der Waals surface area (Å²) in [4.78, 5) is 12.7. The number of carbonyl (C=O) groups is 1. The van der Waals surface area contributed by atoms with Crippen molar-refractivity contribution in [1.82, 2.24) is 0 Å². The Kier molecular flexibility index (Phi) is 2.71. The highest BCUT2D eigenvalue weighted by Crippen LogP contribution is 2.23. The predicted octanol–water partition coefficient (Wildman–Crippen LogP) is 3.32. The molecule has 0 saturated heterocycles. The molecular weight excluding hydrogens is 292 g/mol. The van der Waals surface area contributed by atoms with E-state index in [1.165, 1.54) is 10.4 Å². The zero-order valence-electron chi connectivity index (χ0n) is 13.0. The van der Waals surface area contributed by atoms with Crippen LogP contribution in [0.1, 0.15) is 15.9 Å². The SMILES string of the molecule is O=C1C=CC=c2c(-c3ccccc3)cc3c(c21)C=c1ccccc1=3. The Morgan fingerprint density at radius 2 is 1.58 bits per heavy atom. The fraction of sp³-hybridized carbons (Fsp3) is 0. The molecule has 24 heavy (non-hydrogen) atoms. The predicted molar refractivity (Wildman–Crippen MR) is 96.7 cm³/mol. The van der Waals surface area contributed by atoms with Crippen molar-refractivity contribution in [2.75, 3.05) is 0 Å². The lowest BCUT2D eigenvalue weighted by molar-refractivity contribution is 0.104. The summed E-state index contributed by atoms with van der Waals surface area (Å²) in [7, 11) is 0. The average Bonchev–Trinajstić information content (AvgIpc) is 3.00. The van der Waals surface area contributed by atoms with Gasteiger partial charge in [0.05, 0.1) is 0 Å². The van der Waals surface area contributed by atoms with Gasteiger partial charge in [-0.2, -0.15) is 0 Å². The van der Waals surface area contributed by atoms with E-state index in [1.807, 2.05) is 30.3 Å². The van der Waals surface area contributed by atoms with Crippen LogP contribution in [0.4, 0.5) is 0 Å². The van der Waals surface area contributed by atoms with Crippen molar-refractivity contribution >= 4 is 17.9 Å². The minimum atomic E-state index is 0.0885. The van der Waals surface area contributed by atoms with Crippen LogP contribution >= 0.6 is 0 Å². The Morgan fingerprint density at radius 3 is 2.46 bits per heavy atom. The van der Waals surface area contributed by atoms with E-state index >= 15 is 0 Å². The molecule has 0 radical (unpaired) electrons. The summed E-state index contributed by atoms with van der Waals surface area (Å²) in [5, 5.41) is 4.56. The van der Waals surface area contributed by atoms with Gasteiger partial charge in [-0.05, 0) is 55.8 Å². The van der Waals surface area contributed by atoms with Gasteiger partial charge < -0.3 is 0 Å². The van der Waals surface area contributed by atoms with Crippen molar-refractivity contribution in [2.45, 2.75) is 0 Å². The van der Waals surface area contributed by atoms with Gasteiger partial charge in [0.1, 0.15) is 0 Å². The Hall–Kier alpha value is -3.19. The molecule has 1 heteroatoms. The molecule has 0 amide bonds. The van der Waals surface area contributed by atoms with E-state index < -0.39 is 0 Å². The summed E-state index contributed by atoms with van der Waals surface area (Å²) in [5.41, 5.74) is 4.13. The molecule has 0 fully saturated rings. The molecule has 5 rings (SSSR count). The van der Waals surface area contributed by atoms with Crippen molar-refractivity contribution in [3.63, 3.8) is 0 Å². The summed E-state index contributed by atoms with van der Waals surface area (Å²) in [6.07, 6.45) is 7.71. The number of hydrogen-bond donors (Lipinski definition) is 0. The van der Waals surface area contributed by atoms with Crippen LogP contribution in [0.3, 0.4) is 0 Å². The van der Waals surface area contributed by atoms with Crippen molar-refractivity contribution in [3.05, 3.63) is 105 Å². The summed E-state index contributed by atoms with van der Waals surface area (Å²) >= 11 is 0. The molecule has 2 aliphatic rings. The summed E-state index contributed by atoms with van der Waals surface area (Å²) in [6.45, 7) is 0. The van der Waals surface area contributed by atoms with E-state index in [-0.39, 0.29) is 5.78 Å². The van der Waals surface area contributed by atoms with Gasteiger partial charge in [0.2, 0.25) is 0 Å². The Morgan fingerprint density at radius 1 is 0.792 bits per heavy atom. The lowest BCUT2D eigenvalue weighted by Crippen LogP contribution is -2.21. The van der Waals surface area contributed by atoms with E-state index in [0.717, 1.165) is 32.7 Å². The van der Waals surface area contributed by atoms with Crippen LogP contribution in [0.2, 0.25) is 0 Å². The van der Waals surface area contributed by atoms with E-state index in [4.69, 9.17) is 0 Å². The Labute approximate surface area is 139 Å². The topological polar surface area (TPSA) is 17.1 Å². The molecule has 0 unspecified atom stereocenters. The smallest absolute Gasteiger partial charge is 0.187 e. The van der Waals surface area contributed by atoms with Crippen LogP contribution in [0, 0.1) is 10.4 Å². The van der Waals surface area contributed by atoms with Crippen molar-refractivity contribution in [1.29, 1.82) is 0 Å². The van der Waals surface area contributed by atoms with Crippen LogP contribution < -0.4 is 10.4 Å². The lowest BCUT2D eigenvalue weighted by atomic mass is 9.90. The quantitative estimate of drug-likeness (QED) is 0.527. The molecule has 0 saturated carbocycles. The van der Waals surface area contributed by atoms with E-state index in [1.54, 1.807) is 6.08 Å². The number of fused-ring (bicyclic) bond motifs is 4. The van der Waals surface area contributed by atoms with E-state index in [9.17, 15) is 4.79 Å². The second-order valence-corrected chi connectivity index (χ2v) is 6.16. The highest BCUT2D eigenvalue weighted by atomic mass is 16.1. The third kappa shape index (κ3) is 1.79. The van der Waals surface area contributed by atoms with Crippen molar-refractivity contribution in [2.24, 2.45) is 0 Å². The molecule has 0 bridgehead atoms. The first-order chi connectivity index (χ1) is 11.8. The number of rotatable bonds is 1. The zero-order chi connectivity index (χ0) is 16.1. The fourth-order valence-corrected chi connectivity index (χ4v) is 3.72. The minimum absolute atomic E-state index is 0.0885. The van der Waals surface area contributed by atoms with E-state index in [0.29, 0.717) is 0 Å². The van der Waals surface area contributed by atoms with Crippen LogP contribution in [0.5, 0.6) is 0 Å². The van der Waals surface area contributed by atoms with Gasteiger partial charge in [0.15, 0.2) is 5.78 Å². The number of benzene rings is 3. The van der Waals surface area contributed by atoms with Crippen molar-refractivity contribution < 1.29 is 4.79 Å². The molecule has 0 N–H and O–H groups in total. The first-order valence-corrected chi connectivity index (χ1v) is 8.09. The molecule has 112 valence electrons. The number of hydrogen-bond acceptors (Lipinski definition) is 1. The van der Waals surface area contributed by atoms with Gasteiger partial charge in [-0.3, -0.25) is 4.79 Å². The minimum Gasteiger partial charge on any atom is -0.289 e. The maximum atomic E-state index is 12.7. The average molecular weight is 306 g/mol. The number of allylic oxidation sites excluding steroid dienone is 2. The number of carbonyl (C=O) groups excluding carboxylic acids is 1. The number of ketones is 1.